The molecule has 2 rings (SSSR count). The normalized spacial score (nSPS) is 11.7. The first-order valence-electron chi connectivity index (χ1n) is 4.71. The number of rotatable bonds is 2. The number of nitrogen functional groups attached to an aromatic ring is 1. The standard InChI is InChI=1S/C10H8F2N2O3S/c1-18(15,16)7-3-2-5(8(11)9(7)12)6-4-14-17-10(6)13/h2-4H,13H2,1H3. The number of anilines is 1. The smallest absolute Gasteiger partial charge is 0.230 e. The highest BCUT2D eigenvalue weighted by atomic mass is 32.2. The zero-order valence-corrected chi connectivity index (χ0v) is 9.96. The Bertz CT molecular complexity index is 710. The van der Waals surface area contributed by atoms with Gasteiger partial charge in [0.2, 0.25) is 5.88 Å². The lowest BCUT2D eigenvalue weighted by molar-refractivity contribution is 0.436. The first-order chi connectivity index (χ1) is 8.32. The molecule has 0 saturated carbocycles. The van der Waals surface area contributed by atoms with E-state index in [9.17, 15) is 17.2 Å². The van der Waals surface area contributed by atoms with Crippen molar-refractivity contribution in [2.45, 2.75) is 4.90 Å². The van der Waals surface area contributed by atoms with Crippen LogP contribution in [-0.2, 0) is 9.84 Å². The Morgan fingerprint density at radius 1 is 1.22 bits per heavy atom. The third kappa shape index (κ3) is 1.94. The van der Waals surface area contributed by atoms with Gasteiger partial charge in [0.1, 0.15) is 4.90 Å². The van der Waals surface area contributed by atoms with Crippen molar-refractivity contribution in [2.24, 2.45) is 0 Å². The fourth-order valence-corrected chi connectivity index (χ4v) is 2.21. The van der Waals surface area contributed by atoms with Gasteiger partial charge in [0, 0.05) is 11.8 Å². The Balaban J connectivity index is 2.69. The summed E-state index contributed by atoms with van der Waals surface area (Å²) in [6.45, 7) is 0. The van der Waals surface area contributed by atoms with Gasteiger partial charge >= 0.3 is 0 Å². The Kier molecular flexibility index (Phi) is 2.81. The molecule has 0 spiro atoms. The number of hydrogen-bond donors (Lipinski definition) is 1. The van der Waals surface area contributed by atoms with Crippen molar-refractivity contribution in [3.8, 4) is 11.1 Å². The van der Waals surface area contributed by atoms with Crippen LogP contribution in [0.3, 0.4) is 0 Å². The van der Waals surface area contributed by atoms with Gasteiger partial charge in [0.25, 0.3) is 0 Å². The molecule has 2 N–H and O–H groups in total. The average Bonchev–Trinajstić information content (AvgIpc) is 2.67. The Labute approximate surface area is 101 Å². The number of aromatic nitrogens is 1. The summed E-state index contributed by atoms with van der Waals surface area (Å²) in [5.74, 6) is -2.94. The van der Waals surface area contributed by atoms with Gasteiger partial charge in [-0.25, -0.2) is 17.2 Å². The number of benzene rings is 1. The van der Waals surface area contributed by atoms with Crippen molar-refractivity contribution in [3.63, 3.8) is 0 Å². The maximum Gasteiger partial charge on any atom is 0.230 e. The summed E-state index contributed by atoms with van der Waals surface area (Å²) in [5, 5.41) is 3.33. The van der Waals surface area contributed by atoms with E-state index in [1.54, 1.807) is 0 Å². The van der Waals surface area contributed by atoms with Crippen molar-refractivity contribution in [3.05, 3.63) is 30.0 Å². The van der Waals surface area contributed by atoms with Crippen LogP contribution in [-0.4, -0.2) is 19.8 Å². The summed E-state index contributed by atoms with van der Waals surface area (Å²) in [7, 11) is -3.84. The van der Waals surface area contributed by atoms with Gasteiger partial charge in [0.05, 0.1) is 11.8 Å². The van der Waals surface area contributed by atoms with Gasteiger partial charge in [-0.15, -0.1) is 0 Å². The van der Waals surface area contributed by atoms with Crippen molar-refractivity contribution in [2.75, 3.05) is 12.0 Å². The van der Waals surface area contributed by atoms with Gasteiger partial charge < -0.3 is 10.3 Å². The van der Waals surface area contributed by atoms with E-state index < -0.39 is 26.4 Å². The summed E-state index contributed by atoms with van der Waals surface area (Å²) in [5.41, 5.74) is 5.23. The molecule has 0 unspecified atom stereocenters. The van der Waals surface area contributed by atoms with Crippen LogP contribution < -0.4 is 5.73 Å². The molecule has 0 aliphatic heterocycles. The second-order valence-corrected chi connectivity index (χ2v) is 5.60. The fraction of sp³-hybridized carbons (Fsp3) is 0.100. The summed E-state index contributed by atoms with van der Waals surface area (Å²) in [6.07, 6.45) is 1.91. The minimum absolute atomic E-state index is 0.0615. The molecule has 96 valence electrons. The van der Waals surface area contributed by atoms with Gasteiger partial charge in [-0.05, 0) is 12.1 Å². The quantitative estimate of drug-likeness (QED) is 0.899. The highest BCUT2D eigenvalue weighted by Gasteiger charge is 2.22. The molecule has 18 heavy (non-hydrogen) atoms. The molecular weight excluding hydrogens is 266 g/mol. The Morgan fingerprint density at radius 2 is 1.89 bits per heavy atom. The number of sulfone groups is 1. The molecule has 0 radical (unpaired) electrons. The number of nitrogens with two attached hydrogens (primary N) is 1. The van der Waals surface area contributed by atoms with Gasteiger partial charge in [-0.2, -0.15) is 0 Å². The summed E-state index contributed by atoms with van der Waals surface area (Å²) in [4.78, 5) is -0.709. The van der Waals surface area contributed by atoms with Crippen LogP contribution in [0.2, 0.25) is 0 Å². The monoisotopic (exact) mass is 274 g/mol. The number of hydrogen-bond acceptors (Lipinski definition) is 5. The Morgan fingerprint density at radius 3 is 2.39 bits per heavy atom. The number of nitrogens with zero attached hydrogens (tertiary/aromatic N) is 1. The molecule has 1 aromatic carbocycles. The van der Waals surface area contributed by atoms with E-state index in [4.69, 9.17) is 5.73 Å². The van der Waals surface area contributed by atoms with E-state index in [0.717, 1.165) is 24.6 Å². The van der Waals surface area contributed by atoms with Crippen molar-refractivity contribution >= 4 is 15.7 Å². The van der Waals surface area contributed by atoms with Gasteiger partial charge in [-0.1, -0.05) is 5.16 Å². The predicted molar refractivity (Wildman–Crippen MR) is 59.4 cm³/mol. The predicted octanol–water partition coefficient (Wildman–Crippen LogP) is 1.61. The second kappa shape index (κ2) is 4.05. The topological polar surface area (TPSA) is 86.2 Å². The van der Waals surface area contributed by atoms with Crippen LogP contribution in [0.1, 0.15) is 0 Å². The maximum absolute atomic E-state index is 13.8. The molecule has 1 heterocycles. The fourth-order valence-electron chi connectivity index (χ4n) is 1.48. The van der Waals surface area contributed by atoms with E-state index in [0.29, 0.717) is 0 Å². The molecule has 5 nitrogen and oxygen atoms in total. The summed E-state index contributed by atoms with van der Waals surface area (Å²) >= 11 is 0. The highest BCUT2D eigenvalue weighted by molar-refractivity contribution is 7.90. The van der Waals surface area contributed by atoms with Crippen LogP contribution >= 0.6 is 0 Å². The largest absolute Gasteiger partial charge is 0.367 e. The van der Waals surface area contributed by atoms with Gasteiger partial charge in [0.15, 0.2) is 21.5 Å². The third-order valence-corrected chi connectivity index (χ3v) is 3.45. The maximum atomic E-state index is 13.8. The number of halogens is 2. The van der Waals surface area contributed by atoms with Crippen molar-refractivity contribution < 1.29 is 21.7 Å². The second-order valence-electron chi connectivity index (χ2n) is 3.62. The molecule has 1 aromatic heterocycles. The molecule has 0 aliphatic rings. The van der Waals surface area contributed by atoms with Crippen LogP contribution in [0.15, 0.2) is 27.7 Å². The Hall–Kier alpha value is -1.96. The minimum atomic E-state index is -3.84. The molecule has 0 bridgehead atoms. The van der Waals surface area contributed by atoms with Crippen LogP contribution in [0.25, 0.3) is 11.1 Å². The lowest BCUT2D eigenvalue weighted by atomic mass is 10.1. The molecule has 0 fully saturated rings. The van der Waals surface area contributed by atoms with Crippen molar-refractivity contribution in [1.29, 1.82) is 0 Å². The molecule has 0 aliphatic carbocycles. The van der Waals surface area contributed by atoms with Crippen LogP contribution in [0, 0.1) is 11.6 Å². The first kappa shape index (κ1) is 12.5. The lowest BCUT2D eigenvalue weighted by Gasteiger charge is -2.05. The summed E-state index contributed by atoms with van der Waals surface area (Å²) < 4.78 is 54.4. The molecule has 8 heteroatoms. The zero-order chi connectivity index (χ0) is 13.5. The summed E-state index contributed by atoms with van der Waals surface area (Å²) in [6, 6.07) is 2.08. The average molecular weight is 274 g/mol. The molecule has 0 atom stereocenters. The van der Waals surface area contributed by atoms with E-state index >= 15 is 0 Å². The lowest BCUT2D eigenvalue weighted by Crippen LogP contribution is -2.04. The van der Waals surface area contributed by atoms with E-state index in [-0.39, 0.29) is 17.0 Å². The molecular formula is C10H8F2N2O3S. The SMILES string of the molecule is CS(=O)(=O)c1ccc(-c2cnoc2N)c(F)c1F. The third-order valence-electron chi connectivity index (χ3n) is 2.33. The van der Waals surface area contributed by atoms with E-state index in [1.165, 1.54) is 0 Å². The highest BCUT2D eigenvalue weighted by Crippen LogP contribution is 2.31. The first-order valence-corrected chi connectivity index (χ1v) is 6.60. The van der Waals surface area contributed by atoms with E-state index in [1.807, 2.05) is 0 Å². The minimum Gasteiger partial charge on any atom is -0.367 e. The zero-order valence-electron chi connectivity index (χ0n) is 9.15. The van der Waals surface area contributed by atoms with Crippen LogP contribution in [0.5, 0.6) is 0 Å². The van der Waals surface area contributed by atoms with Crippen molar-refractivity contribution in [1.82, 2.24) is 5.16 Å². The van der Waals surface area contributed by atoms with E-state index in [2.05, 4.69) is 9.68 Å². The molecule has 2 aromatic rings. The van der Waals surface area contributed by atoms with Gasteiger partial charge in [-0.3, -0.25) is 0 Å². The molecule has 0 amide bonds. The van der Waals surface area contributed by atoms with Crippen LogP contribution in [0.4, 0.5) is 14.7 Å². The molecule has 0 saturated heterocycles.